The number of benzene rings is 1. The molecular formula is C20H26N4O. The van der Waals surface area contributed by atoms with Crippen LogP contribution in [0.1, 0.15) is 39.0 Å². The highest BCUT2D eigenvalue weighted by Crippen LogP contribution is 2.21. The first kappa shape index (κ1) is 17.3. The summed E-state index contributed by atoms with van der Waals surface area (Å²) < 4.78 is 5.46. The van der Waals surface area contributed by atoms with Crippen molar-refractivity contribution in [3.63, 3.8) is 0 Å². The Morgan fingerprint density at radius 2 is 1.92 bits per heavy atom. The van der Waals surface area contributed by atoms with Crippen LogP contribution in [0.2, 0.25) is 0 Å². The van der Waals surface area contributed by atoms with Crippen molar-refractivity contribution >= 4 is 17.3 Å². The third-order valence-electron chi connectivity index (χ3n) is 4.24. The molecule has 1 aromatic heterocycles. The highest BCUT2D eigenvalue weighted by atomic mass is 16.5. The summed E-state index contributed by atoms with van der Waals surface area (Å²) in [4.78, 5) is 8.59. The Balaban J connectivity index is 1.52. The summed E-state index contributed by atoms with van der Waals surface area (Å²) in [5.74, 6) is 2.49. The van der Waals surface area contributed by atoms with Crippen LogP contribution in [-0.2, 0) is 0 Å². The summed E-state index contributed by atoms with van der Waals surface area (Å²) in [5.41, 5.74) is 2.54. The monoisotopic (exact) mass is 338 g/mol. The predicted molar refractivity (Wildman–Crippen MR) is 103 cm³/mol. The lowest BCUT2D eigenvalue weighted by Crippen LogP contribution is -2.06. The number of aromatic nitrogens is 2. The molecule has 0 atom stereocenters. The standard InChI is InChI=1S/C20H26N4O/c1-2-25-18-10-8-17(9-11-18)24-20-14-19(22-15-23-20)21-13-12-16-6-4-3-5-7-16/h6,8-11,14-15H,2-5,7,12-13H2,1H3,(H2,21,22,23,24). The van der Waals surface area contributed by atoms with Crippen LogP contribution >= 0.6 is 0 Å². The van der Waals surface area contributed by atoms with Gasteiger partial charge in [0, 0.05) is 18.3 Å². The summed E-state index contributed by atoms with van der Waals surface area (Å²) >= 11 is 0. The average molecular weight is 338 g/mol. The maximum atomic E-state index is 5.46. The van der Waals surface area contributed by atoms with E-state index in [4.69, 9.17) is 4.74 Å². The topological polar surface area (TPSA) is 59.1 Å². The normalized spacial score (nSPS) is 13.9. The SMILES string of the molecule is CCOc1ccc(Nc2cc(NCCC3=CCCCC3)ncn2)cc1. The van der Waals surface area contributed by atoms with Crippen LogP contribution in [0, 0.1) is 0 Å². The first-order valence-corrected chi connectivity index (χ1v) is 9.07. The summed E-state index contributed by atoms with van der Waals surface area (Å²) in [6.45, 7) is 3.56. The van der Waals surface area contributed by atoms with E-state index in [0.717, 1.165) is 36.0 Å². The molecule has 132 valence electrons. The van der Waals surface area contributed by atoms with Crippen LogP contribution in [0.15, 0.2) is 48.3 Å². The summed E-state index contributed by atoms with van der Waals surface area (Å²) in [5, 5.41) is 6.69. The summed E-state index contributed by atoms with van der Waals surface area (Å²) in [7, 11) is 0. The van der Waals surface area contributed by atoms with E-state index in [1.165, 1.54) is 25.7 Å². The third-order valence-corrected chi connectivity index (χ3v) is 4.24. The van der Waals surface area contributed by atoms with Crippen LogP contribution in [0.3, 0.4) is 0 Å². The van der Waals surface area contributed by atoms with Crippen molar-refractivity contribution in [1.82, 2.24) is 9.97 Å². The number of rotatable bonds is 8. The van der Waals surface area contributed by atoms with E-state index in [1.54, 1.807) is 11.9 Å². The molecule has 0 saturated heterocycles. The zero-order valence-corrected chi connectivity index (χ0v) is 14.8. The van der Waals surface area contributed by atoms with Gasteiger partial charge >= 0.3 is 0 Å². The van der Waals surface area contributed by atoms with Crippen molar-refractivity contribution in [3.8, 4) is 5.75 Å². The number of hydrogen-bond acceptors (Lipinski definition) is 5. The van der Waals surface area contributed by atoms with Gasteiger partial charge in [0.25, 0.3) is 0 Å². The zero-order valence-electron chi connectivity index (χ0n) is 14.8. The van der Waals surface area contributed by atoms with E-state index >= 15 is 0 Å². The van der Waals surface area contributed by atoms with Crippen LogP contribution in [-0.4, -0.2) is 23.1 Å². The molecule has 2 aromatic rings. The second-order valence-electron chi connectivity index (χ2n) is 6.16. The van der Waals surface area contributed by atoms with Gasteiger partial charge in [0.05, 0.1) is 6.61 Å². The highest BCUT2D eigenvalue weighted by molar-refractivity contribution is 5.59. The number of allylic oxidation sites excluding steroid dienone is 1. The molecule has 25 heavy (non-hydrogen) atoms. The Hall–Kier alpha value is -2.56. The van der Waals surface area contributed by atoms with Gasteiger partial charge in [-0.05, 0) is 63.3 Å². The first-order chi connectivity index (χ1) is 12.3. The van der Waals surface area contributed by atoms with Crippen molar-refractivity contribution in [1.29, 1.82) is 0 Å². The number of nitrogens with zero attached hydrogens (tertiary/aromatic N) is 2. The molecule has 0 bridgehead atoms. The molecule has 5 nitrogen and oxygen atoms in total. The minimum absolute atomic E-state index is 0.671. The third kappa shape index (κ3) is 5.48. The molecule has 1 aliphatic carbocycles. The molecule has 2 N–H and O–H groups in total. The molecule has 5 heteroatoms. The Labute approximate surface area is 149 Å². The number of anilines is 3. The maximum absolute atomic E-state index is 5.46. The van der Waals surface area contributed by atoms with Crippen molar-refractivity contribution in [2.24, 2.45) is 0 Å². The molecule has 1 aromatic carbocycles. The van der Waals surface area contributed by atoms with Gasteiger partial charge in [-0.3, -0.25) is 0 Å². The molecule has 0 unspecified atom stereocenters. The maximum Gasteiger partial charge on any atom is 0.135 e. The average Bonchev–Trinajstić information content (AvgIpc) is 2.65. The lowest BCUT2D eigenvalue weighted by molar-refractivity contribution is 0.340. The second-order valence-corrected chi connectivity index (χ2v) is 6.16. The van der Waals surface area contributed by atoms with Gasteiger partial charge in [-0.15, -0.1) is 0 Å². The number of ether oxygens (including phenoxy) is 1. The van der Waals surface area contributed by atoms with E-state index in [1.807, 2.05) is 37.3 Å². The van der Waals surface area contributed by atoms with Gasteiger partial charge in [-0.2, -0.15) is 0 Å². The fraction of sp³-hybridized carbons (Fsp3) is 0.400. The molecule has 0 radical (unpaired) electrons. The van der Waals surface area contributed by atoms with Crippen LogP contribution in [0.4, 0.5) is 17.3 Å². The largest absolute Gasteiger partial charge is 0.494 e. The predicted octanol–water partition coefficient (Wildman–Crippen LogP) is 4.92. The molecule has 0 aliphatic heterocycles. The molecule has 0 fully saturated rings. The van der Waals surface area contributed by atoms with Crippen molar-refractivity contribution in [3.05, 3.63) is 48.3 Å². The second kappa shape index (κ2) is 9.06. The lowest BCUT2D eigenvalue weighted by Gasteiger charge is -2.13. The molecule has 0 amide bonds. The van der Waals surface area contributed by atoms with Gasteiger partial charge in [0.2, 0.25) is 0 Å². The molecular weight excluding hydrogens is 312 g/mol. The lowest BCUT2D eigenvalue weighted by atomic mass is 9.97. The summed E-state index contributed by atoms with van der Waals surface area (Å²) in [6, 6.07) is 9.80. The molecule has 1 heterocycles. The Bertz CT molecular complexity index is 697. The van der Waals surface area contributed by atoms with Gasteiger partial charge in [0.15, 0.2) is 0 Å². The fourth-order valence-electron chi connectivity index (χ4n) is 2.95. The highest BCUT2D eigenvalue weighted by Gasteiger charge is 2.04. The van der Waals surface area contributed by atoms with Crippen LogP contribution in [0.25, 0.3) is 0 Å². The molecule has 0 saturated carbocycles. The van der Waals surface area contributed by atoms with E-state index in [-0.39, 0.29) is 0 Å². The zero-order chi connectivity index (χ0) is 17.3. The fourth-order valence-corrected chi connectivity index (χ4v) is 2.95. The molecule has 1 aliphatic rings. The molecule has 0 spiro atoms. The number of hydrogen-bond donors (Lipinski definition) is 2. The van der Waals surface area contributed by atoms with Gasteiger partial charge in [-0.25, -0.2) is 9.97 Å². The van der Waals surface area contributed by atoms with Gasteiger partial charge < -0.3 is 15.4 Å². The van der Waals surface area contributed by atoms with Crippen LogP contribution < -0.4 is 15.4 Å². The Morgan fingerprint density at radius 1 is 1.08 bits per heavy atom. The van der Waals surface area contributed by atoms with Crippen molar-refractivity contribution in [2.45, 2.75) is 39.0 Å². The minimum Gasteiger partial charge on any atom is -0.494 e. The number of nitrogens with one attached hydrogen (secondary N) is 2. The quantitative estimate of drug-likeness (QED) is 0.669. The van der Waals surface area contributed by atoms with Crippen LogP contribution in [0.5, 0.6) is 5.75 Å². The van der Waals surface area contributed by atoms with Gasteiger partial charge in [-0.1, -0.05) is 11.6 Å². The summed E-state index contributed by atoms with van der Waals surface area (Å²) in [6.07, 6.45) is 10.2. The first-order valence-electron chi connectivity index (χ1n) is 9.07. The van der Waals surface area contributed by atoms with E-state index < -0.39 is 0 Å². The molecule has 3 rings (SSSR count). The van der Waals surface area contributed by atoms with Crippen molar-refractivity contribution in [2.75, 3.05) is 23.8 Å². The van der Waals surface area contributed by atoms with Gasteiger partial charge in [0.1, 0.15) is 23.7 Å². The van der Waals surface area contributed by atoms with E-state index in [9.17, 15) is 0 Å². The minimum atomic E-state index is 0.671. The van der Waals surface area contributed by atoms with E-state index in [2.05, 4.69) is 26.7 Å². The smallest absolute Gasteiger partial charge is 0.135 e. The Kier molecular flexibility index (Phi) is 6.26. The Morgan fingerprint density at radius 3 is 2.68 bits per heavy atom. The van der Waals surface area contributed by atoms with E-state index in [0.29, 0.717) is 6.61 Å². The van der Waals surface area contributed by atoms with Crippen molar-refractivity contribution < 1.29 is 4.74 Å².